The molecule has 11 heteroatoms. The summed E-state index contributed by atoms with van der Waals surface area (Å²) in [5.41, 5.74) is 0.856. The van der Waals surface area contributed by atoms with Crippen LogP contribution in [0.15, 0.2) is 64.2 Å². The number of rotatable bonds is 5. The van der Waals surface area contributed by atoms with Gasteiger partial charge in [0.1, 0.15) is 10.3 Å². The predicted molar refractivity (Wildman–Crippen MR) is 113 cm³/mol. The third kappa shape index (κ3) is 4.07. The largest absolute Gasteiger partial charge is 0.324 e. The van der Waals surface area contributed by atoms with Crippen molar-refractivity contribution in [2.24, 2.45) is 0 Å². The van der Waals surface area contributed by atoms with Crippen molar-refractivity contribution in [1.29, 1.82) is 0 Å². The highest BCUT2D eigenvalue weighted by Gasteiger charge is 2.40. The van der Waals surface area contributed by atoms with Crippen LogP contribution in [0.5, 0.6) is 0 Å². The summed E-state index contributed by atoms with van der Waals surface area (Å²) in [5.74, 6) is -1.69. The standard InChI is InChI=1S/C20H16FN3O5S2/c21-16-8-7-15(11-17(16)24(26)27)22-20(25)18-10-13-4-1-2-5-14(13)12-23(18)31(28,29)19-6-3-9-30-19/h1-9,11,18H,10,12H2,(H,22,25)/t18-/m0/s1. The van der Waals surface area contributed by atoms with Crippen molar-refractivity contribution in [1.82, 2.24) is 4.31 Å². The molecule has 0 fully saturated rings. The number of carbonyl (C=O) groups is 1. The highest BCUT2D eigenvalue weighted by atomic mass is 32.2. The molecule has 3 aromatic rings. The Morgan fingerprint density at radius 2 is 1.90 bits per heavy atom. The van der Waals surface area contributed by atoms with Gasteiger partial charge in [-0.25, -0.2) is 8.42 Å². The molecule has 8 nitrogen and oxygen atoms in total. The Bertz CT molecular complexity index is 1260. The molecule has 4 rings (SSSR count). The molecule has 1 atom stereocenters. The Balaban J connectivity index is 1.69. The van der Waals surface area contributed by atoms with Gasteiger partial charge >= 0.3 is 5.69 Å². The third-order valence-corrected chi connectivity index (χ3v) is 8.20. The number of hydrogen-bond donors (Lipinski definition) is 1. The lowest BCUT2D eigenvalue weighted by Crippen LogP contribution is -2.50. The van der Waals surface area contributed by atoms with Crippen LogP contribution in [0.4, 0.5) is 15.8 Å². The summed E-state index contributed by atoms with van der Waals surface area (Å²) in [6, 6.07) is 12.2. The van der Waals surface area contributed by atoms with Crippen molar-refractivity contribution in [2.75, 3.05) is 5.32 Å². The van der Waals surface area contributed by atoms with E-state index in [0.29, 0.717) is 0 Å². The zero-order valence-corrected chi connectivity index (χ0v) is 17.5. The molecule has 0 saturated carbocycles. The first kappa shape index (κ1) is 21.1. The minimum absolute atomic E-state index is 0.00503. The van der Waals surface area contributed by atoms with Gasteiger partial charge in [-0.05, 0) is 41.1 Å². The fourth-order valence-electron chi connectivity index (χ4n) is 3.46. The molecule has 1 amide bonds. The van der Waals surface area contributed by atoms with E-state index in [0.717, 1.165) is 38.9 Å². The average molecular weight is 461 g/mol. The number of anilines is 1. The van der Waals surface area contributed by atoms with E-state index in [9.17, 15) is 27.7 Å². The molecule has 0 radical (unpaired) electrons. The van der Waals surface area contributed by atoms with Crippen molar-refractivity contribution < 1.29 is 22.5 Å². The number of sulfonamides is 1. The van der Waals surface area contributed by atoms with Gasteiger partial charge in [0.15, 0.2) is 0 Å². The zero-order chi connectivity index (χ0) is 22.2. The molecule has 160 valence electrons. The first-order chi connectivity index (χ1) is 14.8. The highest BCUT2D eigenvalue weighted by molar-refractivity contribution is 7.91. The number of nitro benzene ring substituents is 1. The van der Waals surface area contributed by atoms with E-state index in [-0.39, 0.29) is 22.9 Å². The summed E-state index contributed by atoms with van der Waals surface area (Å²) in [6.45, 7) is 0.0120. The van der Waals surface area contributed by atoms with Gasteiger partial charge in [0.25, 0.3) is 10.0 Å². The Hall–Kier alpha value is -3.15. The summed E-state index contributed by atoms with van der Waals surface area (Å²) < 4.78 is 41.3. The minimum atomic E-state index is -3.95. The van der Waals surface area contributed by atoms with E-state index in [2.05, 4.69) is 5.32 Å². The maximum absolute atomic E-state index is 13.6. The molecule has 0 aliphatic carbocycles. The topological polar surface area (TPSA) is 110 Å². The minimum Gasteiger partial charge on any atom is -0.324 e. The Kier molecular flexibility index (Phi) is 5.56. The first-order valence-electron chi connectivity index (χ1n) is 9.14. The van der Waals surface area contributed by atoms with Crippen LogP contribution in [0.25, 0.3) is 0 Å². The van der Waals surface area contributed by atoms with E-state index in [4.69, 9.17) is 0 Å². The summed E-state index contributed by atoms with van der Waals surface area (Å²) in [7, 11) is -3.95. The summed E-state index contributed by atoms with van der Waals surface area (Å²) in [5, 5.41) is 15.1. The van der Waals surface area contributed by atoms with Gasteiger partial charge in [0.05, 0.1) is 4.92 Å². The molecule has 0 spiro atoms. The number of thiophene rings is 1. The lowest BCUT2D eigenvalue weighted by molar-refractivity contribution is -0.387. The van der Waals surface area contributed by atoms with Crippen LogP contribution in [0, 0.1) is 15.9 Å². The number of benzene rings is 2. The highest BCUT2D eigenvalue weighted by Crippen LogP contribution is 2.31. The van der Waals surface area contributed by atoms with Gasteiger partial charge in [-0.1, -0.05) is 30.3 Å². The number of nitrogens with one attached hydrogen (secondary N) is 1. The fraction of sp³-hybridized carbons (Fsp3) is 0.150. The Labute approximate surface area is 181 Å². The maximum Gasteiger partial charge on any atom is 0.306 e. The van der Waals surface area contributed by atoms with Gasteiger partial charge < -0.3 is 5.32 Å². The molecule has 0 saturated heterocycles. The van der Waals surface area contributed by atoms with Crippen molar-refractivity contribution in [3.8, 4) is 0 Å². The van der Waals surface area contributed by atoms with Crippen LogP contribution in [0.3, 0.4) is 0 Å². The van der Waals surface area contributed by atoms with Crippen LogP contribution >= 0.6 is 11.3 Å². The lowest BCUT2D eigenvalue weighted by Gasteiger charge is -2.34. The van der Waals surface area contributed by atoms with Crippen LogP contribution in [-0.2, 0) is 27.8 Å². The molecule has 2 heterocycles. The SMILES string of the molecule is O=C(Nc1ccc(F)c([N+](=O)[O-])c1)[C@@H]1Cc2ccccc2CN1S(=O)(=O)c1cccs1. The second-order valence-electron chi connectivity index (χ2n) is 6.88. The number of fused-ring (bicyclic) bond motifs is 1. The van der Waals surface area contributed by atoms with Crippen LogP contribution < -0.4 is 5.32 Å². The quantitative estimate of drug-likeness (QED) is 0.462. The molecule has 31 heavy (non-hydrogen) atoms. The van der Waals surface area contributed by atoms with Crippen molar-refractivity contribution >= 4 is 38.6 Å². The van der Waals surface area contributed by atoms with Gasteiger partial charge in [0.2, 0.25) is 11.7 Å². The Morgan fingerprint density at radius 3 is 2.58 bits per heavy atom. The predicted octanol–water partition coefficient (Wildman–Crippen LogP) is 3.55. The van der Waals surface area contributed by atoms with Crippen molar-refractivity contribution in [3.63, 3.8) is 0 Å². The Morgan fingerprint density at radius 1 is 1.16 bits per heavy atom. The smallest absolute Gasteiger partial charge is 0.306 e. The van der Waals surface area contributed by atoms with Crippen LogP contribution in [-0.4, -0.2) is 29.6 Å². The van der Waals surface area contributed by atoms with Gasteiger partial charge in [-0.3, -0.25) is 14.9 Å². The summed E-state index contributed by atoms with van der Waals surface area (Å²) in [6.07, 6.45) is 0.135. The van der Waals surface area contributed by atoms with E-state index in [1.54, 1.807) is 23.6 Å². The van der Waals surface area contributed by atoms with Gasteiger partial charge in [0, 0.05) is 18.3 Å². The van der Waals surface area contributed by atoms with Crippen molar-refractivity contribution in [3.05, 3.63) is 87.0 Å². The van der Waals surface area contributed by atoms with Crippen molar-refractivity contribution in [2.45, 2.75) is 23.2 Å². The second-order valence-corrected chi connectivity index (χ2v) is 9.95. The third-order valence-electron chi connectivity index (χ3n) is 4.98. The fourth-order valence-corrected chi connectivity index (χ4v) is 6.14. The summed E-state index contributed by atoms with van der Waals surface area (Å²) >= 11 is 1.05. The number of halogens is 1. The molecular weight excluding hydrogens is 445 g/mol. The molecule has 2 aromatic carbocycles. The number of hydrogen-bond acceptors (Lipinski definition) is 6. The lowest BCUT2D eigenvalue weighted by atomic mass is 9.95. The van der Waals surface area contributed by atoms with Crippen LogP contribution in [0.1, 0.15) is 11.1 Å². The van der Waals surface area contributed by atoms with E-state index in [1.807, 2.05) is 12.1 Å². The van der Waals surface area contributed by atoms with Gasteiger partial charge in [-0.2, -0.15) is 8.70 Å². The monoisotopic (exact) mass is 461 g/mol. The molecule has 1 aliphatic rings. The maximum atomic E-state index is 13.6. The molecular formula is C20H16FN3O5S2. The van der Waals surface area contributed by atoms with Crippen LogP contribution in [0.2, 0.25) is 0 Å². The number of carbonyl (C=O) groups excluding carboxylic acids is 1. The average Bonchev–Trinajstić information content (AvgIpc) is 3.30. The number of nitro groups is 1. The normalized spacial score (nSPS) is 16.5. The molecule has 1 aromatic heterocycles. The second kappa shape index (κ2) is 8.17. The molecule has 0 bridgehead atoms. The molecule has 0 unspecified atom stereocenters. The first-order valence-corrected chi connectivity index (χ1v) is 11.5. The van der Waals surface area contributed by atoms with E-state index >= 15 is 0 Å². The van der Waals surface area contributed by atoms with E-state index in [1.165, 1.54) is 12.1 Å². The van der Waals surface area contributed by atoms with E-state index < -0.39 is 38.4 Å². The molecule has 1 aliphatic heterocycles. The zero-order valence-electron chi connectivity index (χ0n) is 15.9. The molecule has 1 N–H and O–H groups in total. The number of nitrogens with zero attached hydrogens (tertiary/aromatic N) is 2. The summed E-state index contributed by atoms with van der Waals surface area (Å²) in [4.78, 5) is 23.2. The van der Waals surface area contributed by atoms with Gasteiger partial charge in [-0.15, -0.1) is 11.3 Å². The number of amides is 1.